The lowest BCUT2D eigenvalue weighted by Crippen LogP contribution is -2.44. The van der Waals surface area contributed by atoms with Gasteiger partial charge in [0.05, 0.1) is 18.2 Å². The number of amides is 1. The fourth-order valence-electron chi connectivity index (χ4n) is 2.12. The molecule has 1 fully saturated rings. The van der Waals surface area contributed by atoms with Gasteiger partial charge in [-0.2, -0.15) is 18.3 Å². The monoisotopic (exact) mass is 319 g/mol. The van der Waals surface area contributed by atoms with E-state index in [1.807, 2.05) is 0 Å². The molecule has 1 unspecified atom stereocenters. The van der Waals surface area contributed by atoms with Crippen molar-refractivity contribution in [2.75, 3.05) is 0 Å². The molecule has 6 nitrogen and oxygen atoms in total. The van der Waals surface area contributed by atoms with Crippen molar-refractivity contribution >= 4 is 11.9 Å². The Morgan fingerprint density at radius 1 is 1.50 bits per heavy atom. The highest BCUT2D eigenvalue weighted by Crippen LogP contribution is 2.30. The van der Waals surface area contributed by atoms with Gasteiger partial charge in [0, 0.05) is 18.8 Å². The molecule has 1 aromatic heterocycles. The van der Waals surface area contributed by atoms with Crippen LogP contribution in [0.2, 0.25) is 0 Å². The molecule has 1 amide bonds. The van der Waals surface area contributed by atoms with Gasteiger partial charge in [-0.1, -0.05) is 0 Å². The van der Waals surface area contributed by atoms with E-state index in [1.54, 1.807) is 0 Å². The summed E-state index contributed by atoms with van der Waals surface area (Å²) in [6.07, 6.45) is -1.49. The highest BCUT2D eigenvalue weighted by atomic mass is 19.4. The maximum Gasteiger partial charge on any atom is 0.390 e. The van der Waals surface area contributed by atoms with Crippen LogP contribution in [-0.4, -0.2) is 49.9 Å². The van der Waals surface area contributed by atoms with E-state index in [1.165, 1.54) is 24.2 Å². The predicted molar refractivity (Wildman–Crippen MR) is 69.2 cm³/mol. The van der Waals surface area contributed by atoms with Gasteiger partial charge in [-0.3, -0.25) is 9.48 Å². The molecule has 0 saturated heterocycles. The third kappa shape index (κ3) is 3.99. The largest absolute Gasteiger partial charge is 0.480 e. The lowest BCUT2D eigenvalue weighted by Gasteiger charge is -2.25. The third-order valence-electron chi connectivity index (χ3n) is 3.45. The summed E-state index contributed by atoms with van der Waals surface area (Å²) in [5.74, 6) is -1.64. The van der Waals surface area contributed by atoms with E-state index >= 15 is 0 Å². The summed E-state index contributed by atoms with van der Waals surface area (Å²) in [5.41, 5.74) is 0.0992. The smallest absolute Gasteiger partial charge is 0.390 e. The van der Waals surface area contributed by atoms with Crippen molar-refractivity contribution in [3.8, 4) is 0 Å². The summed E-state index contributed by atoms with van der Waals surface area (Å²) in [6, 6.07) is -1.12. The van der Waals surface area contributed by atoms with Crippen LogP contribution in [0.4, 0.5) is 13.2 Å². The molecule has 2 rings (SSSR count). The third-order valence-corrected chi connectivity index (χ3v) is 3.45. The summed E-state index contributed by atoms with van der Waals surface area (Å²) in [6.45, 7) is 1.03. The molecule has 0 spiro atoms. The van der Waals surface area contributed by atoms with Crippen LogP contribution in [0.5, 0.6) is 0 Å². The minimum atomic E-state index is -4.30. The van der Waals surface area contributed by atoms with Crippen LogP contribution in [0.3, 0.4) is 0 Å². The van der Waals surface area contributed by atoms with Crippen LogP contribution in [-0.2, 0) is 11.3 Å². The number of hydrogen-bond acceptors (Lipinski definition) is 3. The Hall–Kier alpha value is -2.06. The van der Waals surface area contributed by atoms with Crippen molar-refractivity contribution in [1.29, 1.82) is 0 Å². The molecule has 1 N–H and O–H groups in total. The highest BCUT2D eigenvalue weighted by molar-refractivity contribution is 5.96. The summed E-state index contributed by atoms with van der Waals surface area (Å²) in [7, 11) is 0. The summed E-state index contributed by atoms with van der Waals surface area (Å²) in [5, 5.41) is 12.8. The number of carboxylic acids is 1. The molecule has 0 aromatic carbocycles. The maximum absolute atomic E-state index is 12.4. The number of aliphatic carboxylic acids is 1. The summed E-state index contributed by atoms with van der Waals surface area (Å²) >= 11 is 0. The quantitative estimate of drug-likeness (QED) is 0.869. The second-order valence-electron chi connectivity index (χ2n) is 5.32. The Kier molecular flexibility index (Phi) is 4.43. The van der Waals surface area contributed by atoms with E-state index in [0.717, 1.165) is 17.5 Å². The minimum absolute atomic E-state index is 0.0992. The molecule has 1 aliphatic carbocycles. The number of rotatable bonds is 6. The van der Waals surface area contributed by atoms with Gasteiger partial charge in [-0.05, 0) is 19.8 Å². The first-order chi connectivity index (χ1) is 10.2. The van der Waals surface area contributed by atoms with Gasteiger partial charge in [-0.15, -0.1) is 0 Å². The lowest BCUT2D eigenvalue weighted by atomic mass is 10.2. The lowest BCUT2D eigenvalue weighted by molar-refractivity contribution is -0.142. The summed E-state index contributed by atoms with van der Waals surface area (Å²) in [4.78, 5) is 24.7. The zero-order valence-corrected chi connectivity index (χ0v) is 11.9. The van der Waals surface area contributed by atoms with Crippen molar-refractivity contribution in [1.82, 2.24) is 14.7 Å². The van der Waals surface area contributed by atoms with Gasteiger partial charge in [0.15, 0.2) is 0 Å². The second-order valence-corrected chi connectivity index (χ2v) is 5.32. The highest BCUT2D eigenvalue weighted by Gasteiger charge is 2.39. The Morgan fingerprint density at radius 3 is 2.64 bits per heavy atom. The van der Waals surface area contributed by atoms with Crippen LogP contribution >= 0.6 is 0 Å². The average molecular weight is 319 g/mol. The number of carbonyl (C=O) groups excluding carboxylic acids is 1. The van der Waals surface area contributed by atoms with Crippen molar-refractivity contribution in [3.05, 3.63) is 18.0 Å². The number of alkyl halides is 3. The average Bonchev–Trinajstić information content (AvgIpc) is 3.12. The first-order valence-corrected chi connectivity index (χ1v) is 6.83. The molecule has 0 bridgehead atoms. The molecular weight excluding hydrogens is 303 g/mol. The predicted octanol–water partition coefficient (Wildman–Crippen LogP) is 1.91. The number of aromatic nitrogens is 2. The molecule has 122 valence electrons. The van der Waals surface area contributed by atoms with Crippen LogP contribution < -0.4 is 0 Å². The van der Waals surface area contributed by atoms with Crippen LogP contribution in [0.15, 0.2) is 12.4 Å². The Bertz CT molecular complexity index is 566. The molecular formula is C13H16F3N3O3. The Labute approximate surface area is 124 Å². The van der Waals surface area contributed by atoms with E-state index < -0.39 is 30.5 Å². The Balaban J connectivity index is 2.08. The molecule has 0 radical (unpaired) electrons. The molecule has 1 saturated carbocycles. The van der Waals surface area contributed by atoms with Gasteiger partial charge in [-0.25, -0.2) is 4.79 Å². The van der Waals surface area contributed by atoms with Crippen LogP contribution in [0.1, 0.15) is 36.5 Å². The zero-order chi connectivity index (χ0) is 16.5. The minimum Gasteiger partial charge on any atom is -0.480 e. The van der Waals surface area contributed by atoms with Crippen LogP contribution in [0, 0.1) is 0 Å². The summed E-state index contributed by atoms with van der Waals surface area (Å²) < 4.78 is 37.5. The maximum atomic E-state index is 12.4. The van der Waals surface area contributed by atoms with E-state index in [4.69, 9.17) is 5.11 Å². The molecule has 1 aliphatic rings. The molecule has 22 heavy (non-hydrogen) atoms. The zero-order valence-electron chi connectivity index (χ0n) is 11.9. The SMILES string of the molecule is CC(C(=O)O)N(C(=O)c1cnn(CCC(F)(F)F)c1)C1CC1. The van der Waals surface area contributed by atoms with Crippen molar-refractivity contribution in [2.24, 2.45) is 0 Å². The molecule has 1 atom stereocenters. The fourth-order valence-corrected chi connectivity index (χ4v) is 2.12. The topological polar surface area (TPSA) is 75.4 Å². The molecule has 1 aromatic rings. The van der Waals surface area contributed by atoms with E-state index in [-0.39, 0.29) is 18.2 Å². The molecule has 0 aliphatic heterocycles. The van der Waals surface area contributed by atoms with Gasteiger partial charge >= 0.3 is 12.1 Å². The number of hydrogen-bond donors (Lipinski definition) is 1. The fraction of sp³-hybridized carbons (Fsp3) is 0.615. The van der Waals surface area contributed by atoms with Crippen molar-refractivity contribution < 1.29 is 27.9 Å². The number of halogens is 3. The number of carbonyl (C=O) groups is 2. The van der Waals surface area contributed by atoms with Gasteiger partial charge < -0.3 is 10.0 Å². The van der Waals surface area contributed by atoms with E-state index in [2.05, 4.69) is 5.10 Å². The second kappa shape index (κ2) is 5.98. The van der Waals surface area contributed by atoms with E-state index in [0.29, 0.717) is 0 Å². The Morgan fingerprint density at radius 2 is 2.14 bits per heavy atom. The first-order valence-electron chi connectivity index (χ1n) is 6.83. The molecule has 9 heteroatoms. The van der Waals surface area contributed by atoms with Gasteiger partial charge in [0.2, 0.25) is 0 Å². The molecule has 1 heterocycles. The van der Waals surface area contributed by atoms with E-state index in [9.17, 15) is 22.8 Å². The van der Waals surface area contributed by atoms with Crippen molar-refractivity contribution in [2.45, 2.75) is 51.0 Å². The van der Waals surface area contributed by atoms with Crippen LogP contribution in [0.25, 0.3) is 0 Å². The van der Waals surface area contributed by atoms with Gasteiger partial charge in [0.1, 0.15) is 6.04 Å². The number of nitrogens with zero attached hydrogens (tertiary/aromatic N) is 3. The normalized spacial score (nSPS) is 16.4. The van der Waals surface area contributed by atoms with Gasteiger partial charge in [0.25, 0.3) is 5.91 Å². The standard InChI is InChI=1S/C13H16F3N3O3/c1-8(12(21)22)19(10-2-3-10)11(20)9-6-17-18(7-9)5-4-13(14,15)16/h6-8,10H,2-5H2,1H3,(H,21,22). The number of carboxylic acid groups (broad SMARTS) is 1. The van der Waals surface area contributed by atoms with Crippen molar-refractivity contribution in [3.63, 3.8) is 0 Å². The number of aryl methyl sites for hydroxylation is 1. The first kappa shape index (κ1) is 16.3.